The van der Waals surface area contributed by atoms with Gasteiger partial charge in [0.05, 0.1) is 0 Å². The molecule has 0 atom stereocenters. The summed E-state index contributed by atoms with van der Waals surface area (Å²) in [6.45, 7) is 0. The second kappa shape index (κ2) is 13.6. The van der Waals surface area contributed by atoms with Gasteiger partial charge in [-0.2, -0.15) is 0 Å². The molecule has 0 aliphatic rings. The summed E-state index contributed by atoms with van der Waals surface area (Å²) in [5, 5.41) is 7.31. The number of nitrogens with one attached hydrogen (secondary N) is 1. The summed E-state index contributed by atoms with van der Waals surface area (Å²) in [6.07, 6.45) is 0. The zero-order chi connectivity index (χ0) is 20.3. The predicted molar refractivity (Wildman–Crippen MR) is 132 cm³/mol. The Kier molecular flexibility index (Phi) is 11.1. The Hall–Kier alpha value is -1.68. The summed E-state index contributed by atoms with van der Waals surface area (Å²) >= 11 is 4.64. The normalized spacial score (nSPS) is 9.63. The van der Waals surface area contributed by atoms with E-state index in [9.17, 15) is 0 Å². The zero-order valence-electron chi connectivity index (χ0n) is 16.3. The molecule has 5 heteroatoms. The van der Waals surface area contributed by atoms with Gasteiger partial charge in [-0.15, -0.1) is 0 Å². The molecule has 2 nitrogen and oxygen atoms in total. The molecule has 0 radical (unpaired) electrons. The fraction of sp³-hybridized carbons (Fsp3) is 0. The minimum atomic E-state index is -0.446. The van der Waals surface area contributed by atoms with Crippen molar-refractivity contribution in [2.45, 2.75) is 0 Å². The van der Waals surface area contributed by atoms with Gasteiger partial charge in [-0.05, 0) is 48.2 Å². The van der Waals surface area contributed by atoms with Crippen LogP contribution in [-0.2, 0) is 0 Å². The molecule has 0 saturated carbocycles. The molecule has 0 aliphatic heterocycles. The molecule has 30 heavy (non-hydrogen) atoms. The zero-order valence-corrected chi connectivity index (χ0v) is 20.3. The van der Waals surface area contributed by atoms with Crippen LogP contribution in [0.4, 0.5) is 5.69 Å². The molecule has 0 bridgehead atoms. The fourth-order valence-corrected chi connectivity index (χ4v) is 5.27. The maximum atomic E-state index is 5.24. The van der Waals surface area contributed by atoms with Crippen LogP contribution in [0.5, 0.6) is 0 Å². The number of benzene rings is 4. The Balaban J connectivity index is 0.000000249. The third-order valence-corrected chi connectivity index (χ3v) is 6.63. The van der Waals surface area contributed by atoms with Crippen molar-refractivity contribution in [2.75, 3.05) is 5.32 Å². The summed E-state index contributed by atoms with van der Waals surface area (Å²) < 4.78 is 0. The van der Waals surface area contributed by atoms with Crippen LogP contribution in [0.2, 0.25) is 0 Å². The van der Waals surface area contributed by atoms with Crippen LogP contribution in [0.25, 0.3) is 0 Å². The van der Waals surface area contributed by atoms with Crippen LogP contribution in [0.1, 0.15) is 0 Å². The molecule has 0 saturated heterocycles. The van der Waals surface area contributed by atoms with Crippen molar-refractivity contribution in [3.05, 3.63) is 121 Å². The number of rotatable bonds is 4. The molecule has 0 unspecified atom stereocenters. The van der Waals surface area contributed by atoms with Crippen LogP contribution < -0.4 is 27.0 Å². The number of thiocarbonyl (C=S) groups is 1. The third-order valence-electron chi connectivity index (χ3n) is 4.08. The van der Waals surface area contributed by atoms with E-state index in [1.165, 1.54) is 15.9 Å². The summed E-state index contributed by atoms with van der Waals surface area (Å²) in [5.41, 5.74) is 6.17. The molecule has 3 N–H and O–H groups in total. The third kappa shape index (κ3) is 7.87. The van der Waals surface area contributed by atoms with Crippen LogP contribution >= 0.6 is 20.1 Å². The van der Waals surface area contributed by atoms with Crippen molar-refractivity contribution in [1.29, 1.82) is 0 Å². The van der Waals surface area contributed by atoms with Crippen molar-refractivity contribution in [3.8, 4) is 0 Å². The molecule has 0 amide bonds. The van der Waals surface area contributed by atoms with E-state index in [2.05, 4.69) is 109 Å². The molecule has 4 rings (SSSR count). The monoisotopic (exact) mass is 572 g/mol. The first-order chi connectivity index (χ1) is 14.2. The second-order valence-electron chi connectivity index (χ2n) is 6.20. The van der Waals surface area contributed by atoms with Crippen LogP contribution in [0, 0.1) is 39.9 Å². The molecule has 0 aromatic heterocycles. The summed E-state index contributed by atoms with van der Waals surface area (Å²) in [7, 11) is -0.446. The van der Waals surface area contributed by atoms with Crippen molar-refractivity contribution >= 4 is 46.9 Å². The predicted octanol–water partition coefficient (Wildman–Crippen LogP) is 4.79. The molecule has 152 valence electrons. The molecule has 0 aliphatic carbocycles. The topological polar surface area (TPSA) is 38.0 Å². The van der Waals surface area contributed by atoms with Gasteiger partial charge in [0.15, 0.2) is 5.11 Å². The second-order valence-corrected chi connectivity index (χ2v) is 8.86. The standard InChI is InChI=1S/C18H15P.C7H8N2S.Gd/c1-4-10-16(11-5-1)19(17-12-6-2-7-13-17)18-14-8-3-9-15-18;8-7(10)9-6-4-2-1-3-5-6;/h1-15H;1-5H,(H3,8,9,10);. The van der Waals surface area contributed by atoms with Crippen molar-refractivity contribution in [1.82, 2.24) is 0 Å². The van der Waals surface area contributed by atoms with E-state index in [0.717, 1.165) is 5.69 Å². The average molecular weight is 572 g/mol. The number of nitrogens with two attached hydrogens (primary N) is 1. The molecule has 4 aromatic rings. The molecular weight excluding hydrogens is 549 g/mol. The van der Waals surface area contributed by atoms with Gasteiger partial charge >= 0.3 is 0 Å². The van der Waals surface area contributed by atoms with E-state index in [1.807, 2.05) is 30.3 Å². The number of hydrogen-bond acceptors (Lipinski definition) is 1. The van der Waals surface area contributed by atoms with Crippen LogP contribution in [0.15, 0.2) is 121 Å². The smallest absolute Gasteiger partial charge is 0.168 e. The average Bonchev–Trinajstić information content (AvgIpc) is 2.77. The van der Waals surface area contributed by atoms with Crippen molar-refractivity contribution < 1.29 is 39.9 Å². The van der Waals surface area contributed by atoms with Gasteiger partial charge in [-0.3, -0.25) is 0 Å². The first kappa shape index (κ1) is 24.6. The first-order valence-corrected chi connectivity index (χ1v) is 11.1. The van der Waals surface area contributed by atoms with Gasteiger partial charge in [0, 0.05) is 45.6 Å². The van der Waals surface area contributed by atoms with E-state index in [-0.39, 0.29) is 39.9 Å². The van der Waals surface area contributed by atoms with Gasteiger partial charge in [0.1, 0.15) is 0 Å². The fourth-order valence-electron chi connectivity index (χ4n) is 2.84. The molecular formula is C25H23GdN2PS. The van der Waals surface area contributed by atoms with Gasteiger partial charge in [-0.1, -0.05) is 109 Å². The molecule has 0 spiro atoms. The summed E-state index contributed by atoms with van der Waals surface area (Å²) in [4.78, 5) is 0. The maximum absolute atomic E-state index is 5.24. The van der Waals surface area contributed by atoms with Gasteiger partial charge in [0.25, 0.3) is 0 Å². The Bertz CT molecular complexity index is 906. The van der Waals surface area contributed by atoms with E-state index in [0.29, 0.717) is 5.11 Å². The molecule has 0 heterocycles. The maximum Gasteiger partial charge on any atom is 0.168 e. The van der Waals surface area contributed by atoms with E-state index >= 15 is 0 Å². The Morgan fingerprint density at radius 2 is 0.867 bits per heavy atom. The van der Waals surface area contributed by atoms with Crippen molar-refractivity contribution in [3.63, 3.8) is 0 Å². The number of anilines is 1. The minimum absolute atomic E-state index is 0. The van der Waals surface area contributed by atoms with Crippen molar-refractivity contribution in [2.24, 2.45) is 5.73 Å². The Morgan fingerprint density at radius 3 is 1.17 bits per heavy atom. The Morgan fingerprint density at radius 1 is 0.567 bits per heavy atom. The largest absolute Gasteiger partial charge is 0.376 e. The van der Waals surface area contributed by atoms with Crippen LogP contribution in [-0.4, -0.2) is 5.11 Å². The first-order valence-electron chi connectivity index (χ1n) is 9.31. The molecule has 4 aromatic carbocycles. The minimum Gasteiger partial charge on any atom is -0.376 e. The summed E-state index contributed by atoms with van der Waals surface area (Å²) in [5.74, 6) is 0. The van der Waals surface area contributed by atoms with E-state index < -0.39 is 7.92 Å². The van der Waals surface area contributed by atoms with Crippen LogP contribution in [0.3, 0.4) is 0 Å². The number of hydrogen-bond donors (Lipinski definition) is 2. The van der Waals surface area contributed by atoms with E-state index in [4.69, 9.17) is 5.73 Å². The summed E-state index contributed by atoms with van der Waals surface area (Å²) in [6, 6.07) is 41.9. The Labute approximate surface area is 217 Å². The number of para-hydroxylation sites is 1. The van der Waals surface area contributed by atoms with Gasteiger partial charge < -0.3 is 11.1 Å². The molecule has 0 fully saturated rings. The quantitative estimate of drug-likeness (QED) is 0.273. The SMILES string of the molecule is NC(=S)Nc1ccccc1.[Gd].c1ccc(P(c2ccccc2)c2ccccc2)cc1. The van der Waals surface area contributed by atoms with E-state index in [1.54, 1.807) is 0 Å². The van der Waals surface area contributed by atoms with Gasteiger partial charge in [0.2, 0.25) is 0 Å². The van der Waals surface area contributed by atoms with Gasteiger partial charge in [-0.25, -0.2) is 0 Å².